The molecular weight excluding hydrogens is 716 g/mol. The first-order chi connectivity index (χ1) is 24.4. The Bertz CT molecular complexity index is 1340. The van der Waals surface area contributed by atoms with Gasteiger partial charge in [-0.25, -0.2) is 28.8 Å². The normalized spacial score (nSPS) is 14.1. The fraction of sp³-hybridized carbons (Fsp3) is 0.775. The van der Waals surface area contributed by atoms with Gasteiger partial charge in [0, 0.05) is 0 Å². The van der Waals surface area contributed by atoms with Gasteiger partial charge in [0.15, 0.2) is 0 Å². The van der Waals surface area contributed by atoms with Gasteiger partial charge in [0.25, 0.3) is 0 Å². The molecule has 0 N–H and O–H groups in total. The molecular formula is C40H68N2O13. The van der Waals surface area contributed by atoms with Crippen molar-refractivity contribution in [1.82, 2.24) is 9.80 Å². The minimum Gasteiger partial charge on any atom is -0.458 e. The molecule has 0 unspecified atom stereocenters. The fourth-order valence-corrected chi connectivity index (χ4v) is 4.46. The second-order valence-corrected chi connectivity index (χ2v) is 19.1. The standard InChI is InChI=1S/C40H68N2O13/c1-35(2,3)50-29(44)27(41(31(46)52-37(7,8)9)32(47)53-38(10,11)12)22-20-19-21-26(25-43)23-24-28(30(45)51-36(4,5)6)42(33(48)54-39(13,14)15)34(49)55-40(16,17)18/h21,25,27-28H,19-20,22-24H2,1-18H3/b26-21+/t27-,28-/m0/s1. The number of aldehydes is 1. The van der Waals surface area contributed by atoms with Crippen LogP contribution in [0.15, 0.2) is 11.6 Å². The molecule has 316 valence electrons. The van der Waals surface area contributed by atoms with Gasteiger partial charge in [0.05, 0.1) is 0 Å². The minimum atomic E-state index is -1.54. The van der Waals surface area contributed by atoms with E-state index in [1.165, 1.54) is 0 Å². The Labute approximate surface area is 328 Å². The highest BCUT2D eigenvalue weighted by Crippen LogP contribution is 2.25. The molecule has 15 heteroatoms. The first kappa shape index (κ1) is 50.8. The number of nitrogens with zero attached hydrogens (tertiary/aromatic N) is 2. The summed E-state index contributed by atoms with van der Waals surface area (Å²) in [4.78, 5) is 94.3. The van der Waals surface area contributed by atoms with Crippen molar-refractivity contribution in [3.63, 3.8) is 0 Å². The zero-order valence-corrected chi connectivity index (χ0v) is 36.5. The molecule has 0 fully saturated rings. The summed E-state index contributed by atoms with van der Waals surface area (Å²) in [5.74, 6) is -1.78. The Hall–Kier alpha value is -4.17. The summed E-state index contributed by atoms with van der Waals surface area (Å²) in [6.45, 7) is 29.1. The third-order valence-corrected chi connectivity index (χ3v) is 6.29. The Morgan fingerprint density at radius 1 is 0.455 bits per heavy atom. The molecule has 0 aliphatic heterocycles. The van der Waals surface area contributed by atoms with Gasteiger partial charge in [-0.05, 0) is 162 Å². The summed E-state index contributed by atoms with van der Waals surface area (Å²) >= 11 is 0. The lowest BCUT2D eigenvalue weighted by atomic mass is 10.0. The maximum atomic E-state index is 13.6. The van der Waals surface area contributed by atoms with Gasteiger partial charge in [0.2, 0.25) is 0 Å². The summed E-state index contributed by atoms with van der Waals surface area (Å²) in [5, 5.41) is 0. The molecule has 0 bridgehead atoms. The van der Waals surface area contributed by atoms with E-state index in [9.17, 15) is 33.6 Å². The first-order valence-electron chi connectivity index (χ1n) is 18.6. The first-order valence-corrected chi connectivity index (χ1v) is 18.6. The quantitative estimate of drug-likeness (QED) is 0.0602. The maximum Gasteiger partial charge on any atom is 0.420 e. The van der Waals surface area contributed by atoms with Gasteiger partial charge in [0.1, 0.15) is 52.0 Å². The van der Waals surface area contributed by atoms with Gasteiger partial charge in [-0.15, -0.1) is 0 Å². The number of rotatable bonds is 12. The van der Waals surface area contributed by atoms with Crippen molar-refractivity contribution >= 4 is 42.6 Å². The molecule has 0 heterocycles. The lowest BCUT2D eigenvalue weighted by molar-refractivity contribution is -0.162. The van der Waals surface area contributed by atoms with E-state index in [0.717, 1.165) is 0 Å². The highest BCUT2D eigenvalue weighted by Gasteiger charge is 2.43. The zero-order chi connectivity index (χ0) is 43.5. The van der Waals surface area contributed by atoms with E-state index in [1.54, 1.807) is 131 Å². The van der Waals surface area contributed by atoms with Crippen LogP contribution in [0.2, 0.25) is 0 Å². The molecule has 2 atom stereocenters. The lowest BCUT2D eigenvalue weighted by Crippen LogP contribution is -2.53. The van der Waals surface area contributed by atoms with Gasteiger partial charge in [-0.3, -0.25) is 4.79 Å². The van der Waals surface area contributed by atoms with Crippen LogP contribution in [-0.2, 0) is 42.8 Å². The van der Waals surface area contributed by atoms with E-state index in [1.807, 2.05) is 0 Å². The van der Waals surface area contributed by atoms with Crippen LogP contribution in [0.5, 0.6) is 0 Å². The van der Waals surface area contributed by atoms with Crippen molar-refractivity contribution in [2.24, 2.45) is 0 Å². The molecule has 0 saturated heterocycles. The Morgan fingerprint density at radius 3 is 0.982 bits per heavy atom. The Balaban J connectivity index is 6.68. The molecule has 4 amide bonds. The van der Waals surface area contributed by atoms with Crippen LogP contribution in [0.3, 0.4) is 0 Å². The molecule has 0 spiro atoms. The average Bonchev–Trinajstić information content (AvgIpc) is 2.89. The highest BCUT2D eigenvalue weighted by atomic mass is 16.6. The average molecular weight is 785 g/mol. The summed E-state index contributed by atoms with van der Waals surface area (Å²) in [6, 6.07) is -3.00. The molecule has 15 nitrogen and oxygen atoms in total. The van der Waals surface area contributed by atoms with Crippen LogP contribution < -0.4 is 0 Å². The number of ether oxygens (including phenoxy) is 6. The minimum absolute atomic E-state index is 0.0903. The fourth-order valence-electron chi connectivity index (χ4n) is 4.46. The number of imide groups is 2. The number of hydrogen-bond acceptors (Lipinski definition) is 13. The van der Waals surface area contributed by atoms with Gasteiger partial charge in [-0.2, -0.15) is 9.80 Å². The third kappa shape index (κ3) is 22.1. The van der Waals surface area contributed by atoms with Gasteiger partial charge < -0.3 is 28.4 Å². The Morgan fingerprint density at radius 2 is 0.727 bits per heavy atom. The van der Waals surface area contributed by atoms with E-state index in [4.69, 9.17) is 28.4 Å². The van der Waals surface area contributed by atoms with Gasteiger partial charge >= 0.3 is 36.3 Å². The SMILES string of the molecule is CC(C)(C)OC(=O)[C@H](CCC/C=C(/C=O)CC[C@@H](C(=O)OC(C)(C)C)N(C(=O)OC(C)(C)C)C(=O)OC(C)(C)C)N(C(=O)OC(C)(C)C)C(=O)OC(C)(C)C. The van der Waals surface area contributed by atoms with Crippen LogP contribution in [0.25, 0.3) is 0 Å². The molecule has 0 rings (SSSR count). The largest absolute Gasteiger partial charge is 0.458 e. The highest BCUT2D eigenvalue weighted by molar-refractivity contribution is 5.95. The topological polar surface area (TPSA) is 181 Å². The van der Waals surface area contributed by atoms with Crippen LogP contribution in [-0.4, -0.2) is 98.1 Å². The summed E-state index contributed by atoms with van der Waals surface area (Å²) in [5.41, 5.74) is -5.87. The summed E-state index contributed by atoms with van der Waals surface area (Å²) < 4.78 is 33.1. The zero-order valence-electron chi connectivity index (χ0n) is 36.5. The van der Waals surface area contributed by atoms with Crippen molar-refractivity contribution in [3.05, 3.63) is 11.6 Å². The maximum absolute atomic E-state index is 13.6. The Kier molecular flexibility index (Phi) is 18.1. The summed E-state index contributed by atoms with van der Waals surface area (Å²) in [6.07, 6.45) is -2.44. The number of carbonyl (C=O) groups is 7. The van der Waals surface area contributed by atoms with E-state index >= 15 is 0 Å². The summed E-state index contributed by atoms with van der Waals surface area (Å²) in [7, 11) is 0. The van der Waals surface area contributed by atoms with E-state index < -0.39 is 82.0 Å². The molecule has 0 aliphatic rings. The predicted octanol–water partition coefficient (Wildman–Crippen LogP) is 8.83. The van der Waals surface area contributed by atoms with Crippen molar-refractivity contribution in [3.8, 4) is 0 Å². The molecule has 0 aromatic heterocycles. The van der Waals surface area contributed by atoms with E-state index in [-0.39, 0.29) is 37.7 Å². The molecule has 0 saturated carbocycles. The number of carbonyl (C=O) groups excluding carboxylic acids is 7. The van der Waals surface area contributed by atoms with Crippen molar-refractivity contribution in [2.45, 2.75) is 202 Å². The van der Waals surface area contributed by atoms with E-state index in [0.29, 0.717) is 16.1 Å². The molecule has 0 aromatic rings. The van der Waals surface area contributed by atoms with Crippen LogP contribution in [0, 0.1) is 0 Å². The number of hydrogen-bond donors (Lipinski definition) is 0. The predicted molar refractivity (Wildman–Crippen MR) is 205 cm³/mol. The second-order valence-electron chi connectivity index (χ2n) is 19.1. The molecule has 0 aromatic carbocycles. The van der Waals surface area contributed by atoms with Crippen molar-refractivity contribution in [1.29, 1.82) is 0 Å². The number of allylic oxidation sites excluding steroid dienone is 2. The number of esters is 2. The van der Waals surface area contributed by atoms with E-state index in [2.05, 4.69) is 0 Å². The van der Waals surface area contributed by atoms with Crippen LogP contribution >= 0.6 is 0 Å². The molecule has 0 aliphatic carbocycles. The van der Waals surface area contributed by atoms with Crippen LogP contribution in [0.4, 0.5) is 19.2 Å². The third-order valence-electron chi connectivity index (χ3n) is 6.29. The lowest BCUT2D eigenvalue weighted by Gasteiger charge is -2.34. The molecule has 0 radical (unpaired) electrons. The second kappa shape index (κ2) is 19.6. The van der Waals surface area contributed by atoms with Crippen molar-refractivity contribution in [2.75, 3.05) is 0 Å². The van der Waals surface area contributed by atoms with Crippen LogP contribution in [0.1, 0.15) is 157 Å². The van der Waals surface area contributed by atoms with Gasteiger partial charge in [-0.1, -0.05) is 6.08 Å². The number of amides is 4. The number of unbranched alkanes of at least 4 members (excludes halogenated alkanes) is 1. The molecule has 55 heavy (non-hydrogen) atoms. The van der Waals surface area contributed by atoms with Crippen molar-refractivity contribution < 1.29 is 62.0 Å². The monoisotopic (exact) mass is 784 g/mol. The smallest absolute Gasteiger partial charge is 0.420 e.